The maximum Gasteiger partial charge on any atom is 0.248 e. The number of primary amides is 1. The quantitative estimate of drug-likeness (QED) is 0.791. The summed E-state index contributed by atoms with van der Waals surface area (Å²) in [6.45, 7) is 5.12. The van der Waals surface area contributed by atoms with E-state index in [1.807, 2.05) is 18.2 Å². The fraction of sp³-hybridized carbons (Fsp3) is 0.308. The van der Waals surface area contributed by atoms with Gasteiger partial charge in [0.2, 0.25) is 5.91 Å². The summed E-state index contributed by atoms with van der Waals surface area (Å²) in [5, 5.41) is 3.28. The number of rotatable bonds is 5. The van der Waals surface area contributed by atoms with Gasteiger partial charge in [-0.05, 0) is 31.2 Å². The summed E-state index contributed by atoms with van der Waals surface area (Å²) in [5.74, 6) is -0.392. The minimum Gasteiger partial charge on any atom is -0.366 e. The minimum atomic E-state index is -0.392. The third-order valence-corrected chi connectivity index (χ3v) is 2.30. The highest BCUT2D eigenvalue weighted by molar-refractivity contribution is 5.92. The number of hydrogen-bond donors (Lipinski definition) is 2. The Bertz CT molecular complexity index is 368. The lowest BCUT2D eigenvalue weighted by atomic mass is 10.1. The van der Waals surface area contributed by atoms with Crippen LogP contribution in [0.2, 0.25) is 0 Å². The molecule has 0 aliphatic carbocycles. The minimum absolute atomic E-state index is 0.348. The molecule has 0 bridgehead atoms. The molecule has 86 valence electrons. The Kier molecular flexibility index (Phi) is 4.73. The molecular weight excluding hydrogens is 200 g/mol. The maximum absolute atomic E-state index is 10.9. The first-order valence-corrected chi connectivity index (χ1v) is 5.45. The highest BCUT2D eigenvalue weighted by Gasteiger charge is 1.98. The van der Waals surface area contributed by atoms with Gasteiger partial charge >= 0.3 is 0 Å². The predicted molar refractivity (Wildman–Crippen MR) is 67.1 cm³/mol. The van der Waals surface area contributed by atoms with E-state index in [1.165, 1.54) is 0 Å². The molecule has 1 atom stereocenters. The normalized spacial score (nSPS) is 12.9. The number of amides is 1. The second-order valence-electron chi connectivity index (χ2n) is 3.69. The van der Waals surface area contributed by atoms with Crippen LogP contribution in [0.1, 0.15) is 29.8 Å². The maximum atomic E-state index is 10.9. The van der Waals surface area contributed by atoms with Crippen molar-refractivity contribution in [3.05, 3.63) is 41.5 Å². The summed E-state index contributed by atoms with van der Waals surface area (Å²) in [6, 6.07) is 7.59. The highest BCUT2D eigenvalue weighted by Crippen LogP contribution is 2.06. The van der Waals surface area contributed by atoms with Gasteiger partial charge in [-0.25, -0.2) is 0 Å². The molecule has 0 spiro atoms. The van der Waals surface area contributed by atoms with E-state index < -0.39 is 5.91 Å². The molecule has 1 aromatic rings. The highest BCUT2D eigenvalue weighted by atomic mass is 16.1. The third kappa shape index (κ3) is 3.87. The summed E-state index contributed by atoms with van der Waals surface area (Å²) in [7, 11) is 0. The van der Waals surface area contributed by atoms with Gasteiger partial charge in [0.25, 0.3) is 0 Å². The van der Waals surface area contributed by atoms with Gasteiger partial charge in [0.15, 0.2) is 0 Å². The van der Waals surface area contributed by atoms with Gasteiger partial charge in [-0.2, -0.15) is 0 Å². The SMILES string of the molecule is CCNC(C)/C=C/c1ccc(C(N)=O)cc1. The Morgan fingerprint density at radius 3 is 2.56 bits per heavy atom. The first-order valence-electron chi connectivity index (χ1n) is 5.45. The molecule has 0 radical (unpaired) electrons. The first kappa shape index (κ1) is 12.5. The molecule has 0 aromatic heterocycles. The van der Waals surface area contributed by atoms with Crippen molar-refractivity contribution in [3.8, 4) is 0 Å². The predicted octanol–water partition coefficient (Wildman–Crippen LogP) is 1.80. The van der Waals surface area contributed by atoms with E-state index in [2.05, 4.69) is 25.2 Å². The number of carbonyl (C=O) groups excluding carboxylic acids is 1. The zero-order chi connectivity index (χ0) is 12.0. The number of hydrogen-bond acceptors (Lipinski definition) is 2. The van der Waals surface area contributed by atoms with Crippen LogP contribution in [0.4, 0.5) is 0 Å². The van der Waals surface area contributed by atoms with Crippen LogP contribution in [-0.2, 0) is 0 Å². The fourth-order valence-electron chi connectivity index (χ4n) is 1.40. The third-order valence-electron chi connectivity index (χ3n) is 2.30. The van der Waals surface area contributed by atoms with E-state index in [1.54, 1.807) is 12.1 Å². The molecule has 1 rings (SSSR count). The zero-order valence-electron chi connectivity index (χ0n) is 9.73. The Morgan fingerprint density at radius 1 is 1.44 bits per heavy atom. The molecule has 0 fully saturated rings. The van der Waals surface area contributed by atoms with Crippen molar-refractivity contribution in [2.24, 2.45) is 5.73 Å². The molecule has 1 aromatic carbocycles. The molecule has 1 unspecified atom stereocenters. The Labute approximate surface area is 96.3 Å². The van der Waals surface area contributed by atoms with Crippen LogP contribution in [0.3, 0.4) is 0 Å². The molecule has 1 amide bonds. The Balaban J connectivity index is 2.64. The molecule has 0 aliphatic heterocycles. The van der Waals surface area contributed by atoms with Crippen molar-refractivity contribution in [2.45, 2.75) is 19.9 Å². The Hall–Kier alpha value is -1.61. The van der Waals surface area contributed by atoms with E-state index in [9.17, 15) is 4.79 Å². The van der Waals surface area contributed by atoms with Crippen LogP contribution in [-0.4, -0.2) is 18.5 Å². The lowest BCUT2D eigenvalue weighted by Gasteiger charge is -2.05. The molecule has 16 heavy (non-hydrogen) atoms. The van der Waals surface area contributed by atoms with E-state index in [0.717, 1.165) is 12.1 Å². The number of benzene rings is 1. The largest absolute Gasteiger partial charge is 0.366 e. The molecule has 3 nitrogen and oxygen atoms in total. The van der Waals surface area contributed by atoms with Gasteiger partial charge in [-0.3, -0.25) is 4.79 Å². The molecule has 3 heteroatoms. The summed E-state index contributed by atoms with van der Waals surface area (Å²) < 4.78 is 0. The first-order chi connectivity index (χ1) is 7.63. The van der Waals surface area contributed by atoms with Crippen LogP contribution in [0.5, 0.6) is 0 Å². The summed E-state index contributed by atoms with van der Waals surface area (Å²) >= 11 is 0. The molecule has 0 saturated heterocycles. The van der Waals surface area contributed by atoms with E-state index in [0.29, 0.717) is 11.6 Å². The molecule has 0 saturated carbocycles. The second kappa shape index (κ2) is 6.08. The number of nitrogens with two attached hydrogens (primary N) is 1. The van der Waals surface area contributed by atoms with Gasteiger partial charge in [0, 0.05) is 11.6 Å². The second-order valence-corrected chi connectivity index (χ2v) is 3.69. The smallest absolute Gasteiger partial charge is 0.248 e. The topological polar surface area (TPSA) is 55.1 Å². The van der Waals surface area contributed by atoms with Crippen molar-refractivity contribution in [1.29, 1.82) is 0 Å². The van der Waals surface area contributed by atoms with Crippen molar-refractivity contribution in [3.63, 3.8) is 0 Å². The monoisotopic (exact) mass is 218 g/mol. The molecule has 0 aliphatic rings. The standard InChI is InChI=1S/C13H18N2O/c1-3-15-10(2)4-5-11-6-8-12(9-7-11)13(14)16/h4-10,15H,3H2,1-2H3,(H2,14,16)/b5-4+. The van der Waals surface area contributed by atoms with Gasteiger partial charge in [-0.1, -0.05) is 31.2 Å². The molecular formula is C13H18N2O. The van der Waals surface area contributed by atoms with Crippen LogP contribution >= 0.6 is 0 Å². The van der Waals surface area contributed by atoms with Gasteiger partial charge in [0.1, 0.15) is 0 Å². The van der Waals surface area contributed by atoms with Crippen LogP contribution < -0.4 is 11.1 Å². The van der Waals surface area contributed by atoms with Crippen LogP contribution in [0, 0.1) is 0 Å². The average molecular weight is 218 g/mol. The number of nitrogens with one attached hydrogen (secondary N) is 1. The number of carbonyl (C=O) groups is 1. The summed E-state index contributed by atoms with van der Waals surface area (Å²) in [6.07, 6.45) is 4.11. The lowest BCUT2D eigenvalue weighted by Crippen LogP contribution is -2.22. The average Bonchev–Trinajstić information content (AvgIpc) is 2.27. The van der Waals surface area contributed by atoms with Crippen molar-refractivity contribution >= 4 is 12.0 Å². The van der Waals surface area contributed by atoms with Crippen molar-refractivity contribution in [1.82, 2.24) is 5.32 Å². The summed E-state index contributed by atoms with van der Waals surface area (Å²) in [4.78, 5) is 10.9. The number of likely N-dealkylation sites (N-methyl/N-ethyl adjacent to an activating group) is 1. The van der Waals surface area contributed by atoms with E-state index in [-0.39, 0.29) is 0 Å². The van der Waals surface area contributed by atoms with Gasteiger partial charge in [-0.15, -0.1) is 0 Å². The van der Waals surface area contributed by atoms with E-state index in [4.69, 9.17) is 5.73 Å². The van der Waals surface area contributed by atoms with Crippen LogP contribution in [0.15, 0.2) is 30.3 Å². The van der Waals surface area contributed by atoms with Gasteiger partial charge in [0.05, 0.1) is 0 Å². The van der Waals surface area contributed by atoms with Crippen molar-refractivity contribution < 1.29 is 4.79 Å². The lowest BCUT2D eigenvalue weighted by molar-refractivity contribution is 0.100. The molecule has 0 heterocycles. The van der Waals surface area contributed by atoms with Crippen molar-refractivity contribution in [2.75, 3.05) is 6.54 Å². The van der Waals surface area contributed by atoms with E-state index >= 15 is 0 Å². The Morgan fingerprint density at radius 2 is 2.06 bits per heavy atom. The molecule has 3 N–H and O–H groups in total. The summed E-state index contributed by atoms with van der Waals surface area (Å²) in [5.41, 5.74) is 6.76. The zero-order valence-corrected chi connectivity index (χ0v) is 9.73. The van der Waals surface area contributed by atoms with Gasteiger partial charge < -0.3 is 11.1 Å². The van der Waals surface area contributed by atoms with Crippen LogP contribution in [0.25, 0.3) is 6.08 Å². The fourth-order valence-corrected chi connectivity index (χ4v) is 1.40.